The molecule has 0 saturated carbocycles. The predicted octanol–water partition coefficient (Wildman–Crippen LogP) is 3.83. The van der Waals surface area contributed by atoms with Crippen molar-refractivity contribution in [2.24, 2.45) is 0 Å². The average Bonchev–Trinajstić information content (AvgIpc) is 2.72. The normalized spacial score (nSPS) is 15.7. The van der Waals surface area contributed by atoms with Crippen LogP contribution in [0.5, 0.6) is 5.75 Å². The van der Waals surface area contributed by atoms with Crippen molar-refractivity contribution in [3.63, 3.8) is 0 Å². The number of nitrogens with zero attached hydrogens (tertiary/aromatic N) is 1. The van der Waals surface area contributed by atoms with Crippen molar-refractivity contribution in [2.45, 2.75) is 26.8 Å². The van der Waals surface area contributed by atoms with Gasteiger partial charge in [0.05, 0.1) is 19.3 Å². The summed E-state index contributed by atoms with van der Waals surface area (Å²) in [5.74, 6) is 0.517. The highest BCUT2D eigenvalue weighted by molar-refractivity contribution is 6.32. The Labute approximate surface area is 177 Å². The van der Waals surface area contributed by atoms with Gasteiger partial charge in [0.2, 0.25) is 0 Å². The number of amides is 1. The van der Waals surface area contributed by atoms with Gasteiger partial charge in [0.15, 0.2) is 6.61 Å². The Morgan fingerprint density at radius 1 is 1.14 bits per heavy atom. The van der Waals surface area contributed by atoms with Crippen LogP contribution in [0.1, 0.15) is 28.3 Å². The molecule has 1 amide bonds. The maximum Gasteiger partial charge on any atom is 0.258 e. The highest BCUT2D eigenvalue weighted by Crippen LogP contribution is 2.26. The van der Waals surface area contributed by atoms with Crippen molar-refractivity contribution in [1.82, 2.24) is 10.2 Å². The van der Waals surface area contributed by atoms with Crippen LogP contribution in [-0.4, -0.2) is 50.3 Å². The number of carbonyl (C=O) groups excluding carboxylic acids is 1. The zero-order valence-corrected chi connectivity index (χ0v) is 18.1. The summed E-state index contributed by atoms with van der Waals surface area (Å²) in [7, 11) is 0. The number of rotatable bonds is 7. The number of benzene rings is 2. The topological polar surface area (TPSA) is 50.8 Å². The van der Waals surface area contributed by atoms with Crippen molar-refractivity contribution in [1.29, 1.82) is 0 Å². The Morgan fingerprint density at radius 2 is 1.76 bits per heavy atom. The Kier molecular flexibility index (Phi) is 7.53. The monoisotopic (exact) mass is 416 g/mol. The van der Waals surface area contributed by atoms with Gasteiger partial charge in [-0.15, -0.1) is 0 Å². The summed E-state index contributed by atoms with van der Waals surface area (Å²) in [5.41, 5.74) is 4.30. The molecule has 0 aliphatic carbocycles. The van der Waals surface area contributed by atoms with Crippen LogP contribution in [0.4, 0.5) is 0 Å². The highest BCUT2D eigenvalue weighted by atomic mass is 35.5. The lowest BCUT2D eigenvalue weighted by Gasteiger charge is -2.35. The molecule has 0 aromatic heterocycles. The van der Waals surface area contributed by atoms with Crippen molar-refractivity contribution in [3.8, 4) is 5.75 Å². The quantitative estimate of drug-likeness (QED) is 0.745. The molecule has 1 aliphatic heterocycles. The van der Waals surface area contributed by atoms with Crippen LogP contribution in [0, 0.1) is 20.8 Å². The largest absolute Gasteiger partial charge is 0.484 e. The molecule has 1 atom stereocenters. The predicted molar refractivity (Wildman–Crippen MR) is 116 cm³/mol. The number of aryl methyl sites for hydroxylation is 3. The van der Waals surface area contributed by atoms with Crippen molar-refractivity contribution in [2.75, 3.05) is 39.5 Å². The van der Waals surface area contributed by atoms with Crippen LogP contribution in [0.15, 0.2) is 36.4 Å². The molecule has 0 radical (unpaired) electrons. The molecule has 0 spiro atoms. The molecule has 1 N–H and O–H groups in total. The number of hydrogen-bond acceptors (Lipinski definition) is 4. The third kappa shape index (κ3) is 5.95. The van der Waals surface area contributed by atoms with Gasteiger partial charge in [-0.1, -0.05) is 41.4 Å². The molecule has 3 rings (SSSR count). The van der Waals surface area contributed by atoms with Crippen molar-refractivity contribution >= 4 is 17.5 Å². The van der Waals surface area contributed by atoms with Crippen molar-refractivity contribution in [3.05, 3.63) is 63.7 Å². The summed E-state index contributed by atoms with van der Waals surface area (Å²) in [4.78, 5) is 14.8. The summed E-state index contributed by atoms with van der Waals surface area (Å²) in [6.07, 6.45) is 0. The second-order valence-electron chi connectivity index (χ2n) is 7.54. The first kappa shape index (κ1) is 21.6. The molecular formula is C23H29ClN2O3. The number of nitrogens with one attached hydrogen (secondary N) is 1. The second-order valence-corrected chi connectivity index (χ2v) is 7.92. The maximum absolute atomic E-state index is 12.4. The van der Waals surface area contributed by atoms with Gasteiger partial charge in [-0.2, -0.15) is 0 Å². The number of ether oxygens (including phenoxy) is 2. The van der Waals surface area contributed by atoms with E-state index in [9.17, 15) is 4.79 Å². The fourth-order valence-corrected chi connectivity index (χ4v) is 3.64. The molecule has 29 heavy (non-hydrogen) atoms. The lowest BCUT2D eigenvalue weighted by atomic mass is 10.0. The van der Waals surface area contributed by atoms with E-state index in [1.807, 2.05) is 26.0 Å². The van der Waals surface area contributed by atoms with Gasteiger partial charge in [-0.05, 0) is 49.6 Å². The fraction of sp³-hybridized carbons (Fsp3) is 0.435. The smallest absolute Gasteiger partial charge is 0.258 e. The Hall–Kier alpha value is -2.08. The standard InChI is InChI=1S/C23H29ClN2O3/c1-16-4-6-19(7-5-16)21(26-8-10-28-11-9-26)14-25-22(27)15-29-20-12-17(2)23(24)18(3)13-20/h4-7,12-13,21H,8-11,14-15H2,1-3H3,(H,25,27)/t21-/m0/s1. The third-order valence-electron chi connectivity index (χ3n) is 5.22. The summed E-state index contributed by atoms with van der Waals surface area (Å²) in [6.45, 7) is 9.58. The molecular weight excluding hydrogens is 388 g/mol. The van der Waals surface area contributed by atoms with E-state index in [4.69, 9.17) is 21.1 Å². The number of morpholine rings is 1. The lowest BCUT2D eigenvalue weighted by molar-refractivity contribution is -0.123. The molecule has 2 aromatic rings. The molecule has 2 aromatic carbocycles. The molecule has 0 unspecified atom stereocenters. The Bertz CT molecular complexity index is 810. The second kappa shape index (κ2) is 10.1. The van der Waals surface area contributed by atoms with E-state index in [-0.39, 0.29) is 18.6 Å². The van der Waals surface area contributed by atoms with Crippen LogP contribution in [0.25, 0.3) is 0 Å². The summed E-state index contributed by atoms with van der Waals surface area (Å²) in [5, 5.41) is 3.76. The van der Waals surface area contributed by atoms with E-state index in [1.165, 1.54) is 11.1 Å². The SMILES string of the molecule is Cc1ccc([C@H](CNC(=O)COc2cc(C)c(Cl)c(C)c2)N2CCOCC2)cc1. The zero-order valence-electron chi connectivity index (χ0n) is 17.3. The van der Waals surface area contributed by atoms with Gasteiger partial charge in [-0.25, -0.2) is 0 Å². The summed E-state index contributed by atoms with van der Waals surface area (Å²) >= 11 is 6.19. The van der Waals surface area contributed by atoms with E-state index in [0.717, 1.165) is 29.2 Å². The van der Waals surface area contributed by atoms with Gasteiger partial charge in [0.1, 0.15) is 5.75 Å². The first-order valence-corrected chi connectivity index (χ1v) is 10.4. The van der Waals surface area contributed by atoms with E-state index in [0.29, 0.717) is 25.5 Å². The van der Waals surface area contributed by atoms with Gasteiger partial charge >= 0.3 is 0 Å². The Morgan fingerprint density at radius 3 is 2.38 bits per heavy atom. The maximum atomic E-state index is 12.4. The van der Waals surface area contributed by atoms with Gasteiger partial charge < -0.3 is 14.8 Å². The van der Waals surface area contributed by atoms with Crippen LogP contribution < -0.4 is 10.1 Å². The average molecular weight is 417 g/mol. The van der Waals surface area contributed by atoms with Crippen molar-refractivity contribution < 1.29 is 14.3 Å². The Balaban J connectivity index is 1.59. The molecule has 0 bridgehead atoms. The molecule has 1 heterocycles. The molecule has 156 valence electrons. The summed E-state index contributed by atoms with van der Waals surface area (Å²) in [6, 6.07) is 12.3. The van der Waals surface area contributed by atoms with Crippen LogP contribution >= 0.6 is 11.6 Å². The lowest BCUT2D eigenvalue weighted by Crippen LogP contribution is -2.44. The first-order chi connectivity index (χ1) is 13.9. The van der Waals surface area contributed by atoms with Crippen LogP contribution in [0.2, 0.25) is 5.02 Å². The number of hydrogen-bond donors (Lipinski definition) is 1. The van der Waals surface area contributed by atoms with E-state index in [2.05, 4.69) is 41.4 Å². The van der Waals surface area contributed by atoms with Gasteiger partial charge in [0.25, 0.3) is 5.91 Å². The van der Waals surface area contributed by atoms with E-state index >= 15 is 0 Å². The molecule has 1 fully saturated rings. The minimum Gasteiger partial charge on any atom is -0.484 e. The fourth-order valence-electron chi connectivity index (χ4n) is 3.54. The minimum absolute atomic E-state index is 0.0236. The first-order valence-electron chi connectivity index (χ1n) is 9.98. The van der Waals surface area contributed by atoms with Crippen LogP contribution in [0.3, 0.4) is 0 Å². The number of halogens is 1. The molecule has 1 aliphatic rings. The van der Waals surface area contributed by atoms with Gasteiger partial charge in [0, 0.05) is 24.7 Å². The zero-order chi connectivity index (χ0) is 20.8. The highest BCUT2D eigenvalue weighted by Gasteiger charge is 2.23. The van der Waals surface area contributed by atoms with E-state index in [1.54, 1.807) is 0 Å². The van der Waals surface area contributed by atoms with E-state index < -0.39 is 0 Å². The van der Waals surface area contributed by atoms with Gasteiger partial charge in [-0.3, -0.25) is 9.69 Å². The molecule has 1 saturated heterocycles. The summed E-state index contributed by atoms with van der Waals surface area (Å²) < 4.78 is 11.2. The third-order valence-corrected chi connectivity index (χ3v) is 5.82. The molecule has 5 nitrogen and oxygen atoms in total. The minimum atomic E-state index is -0.138. The van der Waals surface area contributed by atoms with Crippen LogP contribution in [-0.2, 0) is 9.53 Å². The number of carbonyl (C=O) groups is 1. The molecule has 6 heteroatoms.